The van der Waals surface area contributed by atoms with Crippen LogP contribution in [0.15, 0.2) is 59.3 Å². The number of aromatic nitrogens is 3. The van der Waals surface area contributed by atoms with Crippen LogP contribution in [-0.2, 0) is 25.4 Å². The Kier molecular flexibility index (Phi) is 14.5. The van der Waals surface area contributed by atoms with Crippen molar-refractivity contribution in [2.45, 2.75) is 71.3 Å². The van der Waals surface area contributed by atoms with E-state index < -0.39 is 36.5 Å². The molecule has 3 aromatic carbocycles. The molecular formula is C51H60BrF2N10O5P. The summed E-state index contributed by atoms with van der Waals surface area (Å²) in [4.78, 5) is 60.4. The second-order valence-corrected chi connectivity index (χ2v) is 23.1. The molecule has 3 amide bonds. The topological polar surface area (TPSA) is 165 Å². The molecule has 2 atom stereocenters. The van der Waals surface area contributed by atoms with Gasteiger partial charge in [-0.05, 0) is 116 Å². The Bertz CT molecular complexity index is 2860. The first kappa shape index (κ1) is 49.3. The zero-order chi connectivity index (χ0) is 49.4. The molecule has 5 aromatic rings. The lowest BCUT2D eigenvalue weighted by Crippen LogP contribution is -2.55. The van der Waals surface area contributed by atoms with Crippen molar-refractivity contribution in [1.82, 2.24) is 30.1 Å². The van der Waals surface area contributed by atoms with Gasteiger partial charge in [-0.1, -0.05) is 13.0 Å². The van der Waals surface area contributed by atoms with Crippen molar-refractivity contribution in [2.24, 2.45) is 5.92 Å². The summed E-state index contributed by atoms with van der Waals surface area (Å²) in [5, 5.41) is 11.6. The molecule has 3 N–H and O–H groups in total. The smallest absolute Gasteiger partial charge is 0.234 e. The van der Waals surface area contributed by atoms with Crippen LogP contribution < -0.4 is 35.8 Å². The minimum absolute atomic E-state index is 0.0263. The largest absolute Gasteiger partial charge is 0.492 e. The second kappa shape index (κ2) is 20.6. The Morgan fingerprint density at radius 3 is 2.30 bits per heavy atom. The minimum Gasteiger partial charge on any atom is -0.492 e. The molecule has 0 saturated carbocycles. The van der Waals surface area contributed by atoms with Crippen molar-refractivity contribution in [1.29, 1.82) is 0 Å². The fraction of sp³-hybridized carbons (Fsp3) is 0.451. The van der Waals surface area contributed by atoms with Gasteiger partial charge in [0.15, 0.2) is 0 Å². The van der Waals surface area contributed by atoms with Crippen LogP contribution in [0.2, 0.25) is 0 Å². The van der Waals surface area contributed by atoms with E-state index in [1.165, 1.54) is 17.7 Å². The molecule has 0 radical (unpaired) electrons. The molecule has 0 spiro atoms. The number of pyridine rings is 1. The molecule has 4 aliphatic rings. The number of carbonyl (C=O) groups excluding carboxylic acids is 3. The van der Waals surface area contributed by atoms with Crippen molar-refractivity contribution in [2.75, 3.05) is 92.7 Å². The molecule has 370 valence electrons. The van der Waals surface area contributed by atoms with Gasteiger partial charge in [0.05, 0.1) is 34.3 Å². The summed E-state index contributed by atoms with van der Waals surface area (Å²) in [6.07, 6.45) is 6.94. The zero-order valence-corrected chi connectivity index (χ0v) is 42.8. The fourth-order valence-electron chi connectivity index (χ4n) is 10.6. The molecule has 4 fully saturated rings. The van der Waals surface area contributed by atoms with Gasteiger partial charge in [-0.15, -0.1) is 0 Å². The molecule has 70 heavy (non-hydrogen) atoms. The first-order valence-electron chi connectivity index (χ1n) is 24.2. The third-order valence-electron chi connectivity index (χ3n) is 14.2. The van der Waals surface area contributed by atoms with Gasteiger partial charge in [-0.3, -0.25) is 29.6 Å². The standard InChI is InChI=1S/C51H60BrF2N10O5P/c1-6-31-23-42(58-51-56-28-38(52)48(60-51)57-41-10-8-32-27-55-30(3)22-37(32)47(41)70(4,5)68)44(69-7-2)26-43(31)62-16-13-34(14-17-62)61-18-20-63(21-19-61)50(67)33-12-15-64(29-33)35-24-39(53)46(40(54)25-35)36-9-11-45(65)59-49(36)66/h8,10,22-28,33-34,36H,6-7,9,11-21,29H2,1-5H3,(H,59,65,66)(H2,56,57,58,60)/t33-,36?/m1/s1. The summed E-state index contributed by atoms with van der Waals surface area (Å²) in [5.41, 5.74) is 4.64. The summed E-state index contributed by atoms with van der Waals surface area (Å²) in [7, 11) is -2.75. The van der Waals surface area contributed by atoms with Gasteiger partial charge in [0, 0.05) is 117 Å². The maximum atomic E-state index is 15.3. The second-order valence-electron chi connectivity index (χ2n) is 19.1. The average molecular weight is 1040 g/mol. The highest BCUT2D eigenvalue weighted by atomic mass is 79.9. The van der Waals surface area contributed by atoms with Crippen LogP contribution in [0.1, 0.15) is 68.7 Å². The summed E-state index contributed by atoms with van der Waals surface area (Å²) < 4.78 is 51.3. The molecule has 0 bridgehead atoms. The molecule has 15 nitrogen and oxygen atoms in total. The summed E-state index contributed by atoms with van der Waals surface area (Å²) in [6, 6.07) is 13.0. The molecule has 19 heteroatoms. The molecule has 1 unspecified atom stereocenters. The predicted octanol–water partition coefficient (Wildman–Crippen LogP) is 8.23. The third-order valence-corrected chi connectivity index (χ3v) is 16.3. The van der Waals surface area contributed by atoms with E-state index in [4.69, 9.17) is 9.72 Å². The number of ether oxygens (including phenoxy) is 1. The average Bonchev–Trinajstić information content (AvgIpc) is 3.83. The highest BCUT2D eigenvalue weighted by Crippen LogP contribution is 2.43. The first-order chi connectivity index (χ1) is 33.6. The number of anilines is 6. The number of piperidine rings is 2. The van der Waals surface area contributed by atoms with Crippen LogP contribution in [0, 0.1) is 24.5 Å². The number of hydrogen-bond acceptors (Lipinski definition) is 13. The van der Waals surface area contributed by atoms with Crippen molar-refractivity contribution < 1.29 is 32.5 Å². The fourth-order valence-corrected chi connectivity index (χ4v) is 12.4. The van der Waals surface area contributed by atoms with E-state index in [1.54, 1.807) is 19.5 Å². The lowest BCUT2D eigenvalue weighted by Gasteiger charge is -2.44. The molecule has 9 rings (SSSR count). The number of piperazine rings is 1. The Morgan fingerprint density at radius 2 is 1.61 bits per heavy atom. The van der Waals surface area contributed by atoms with E-state index in [2.05, 4.69) is 70.7 Å². The van der Waals surface area contributed by atoms with E-state index >= 15 is 8.78 Å². The number of carbonyl (C=O) groups is 3. The minimum atomic E-state index is -2.75. The van der Waals surface area contributed by atoms with E-state index in [9.17, 15) is 18.9 Å². The van der Waals surface area contributed by atoms with Crippen LogP contribution in [-0.4, -0.2) is 121 Å². The highest BCUT2D eigenvalue weighted by Gasteiger charge is 2.37. The normalized spacial score (nSPS) is 19.5. The van der Waals surface area contributed by atoms with Crippen molar-refractivity contribution >= 4 is 91.4 Å². The quantitative estimate of drug-likeness (QED) is 0.0764. The number of aryl methyl sites for hydroxylation is 2. The van der Waals surface area contributed by atoms with E-state index in [0.29, 0.717) is 78.6 Å². The number of nitrogens with one attached hydrogen (secondary N) is 3. The number of amides is 3. The molecule has 2 aromatic heterocycles. The van der Waals surface area contributed by atoms with Crippen LogP contribution in [0.3, 0.4) is 0 Å². The number of benzene rings is 3. The number of hydrogen-bond donors (Lipinski definition) is 3. The van der Waals surface area contributed by atoms with Crippen molar-refractivity contribution in [3.05, 3.63) is 87.8 Å². The summed E-state index contributed by atoms with van der Waals surface area (Å²) >= 11 is 3.62. The van der Waals surface area contributed by atoms with E-state index in [0.717, 1.165) is 78.6 Å². The van der Waals surface area contributed by atoms with Gasteiger partial charge in [0.1, 0.15) is 30.3 Å². The summed E-state index contributed by atoms with van der Waals surface area (Å²) in [5.74, 6) is -2.45. The lowest BCUT2D eigenvalue weighted by molar-refractivity contribution is -0.137. The lowest BCUT2D eigenvalue weighted by atomic mass is 9.89. The molecule has 6 heterocycles. The van der Waals surface area contributed by atoms with Crippen LogP contribution in [0.5, 0.6) is 5.75 Å². The Morgan fingerprint density at radius 1 is 0.886 bits per heavy atom. The Labute approximate surface area is 415 Å². The zero-order valence-electron chi connectivity index (χ0n) is 40.3. The number of fused-ring (bicyclic) bond motifs is 1. The van der Waals surface area contributed by atoms with Gasteiger partial charge < -0.3 is 34.6 Å². The number of nitrogens with zero attached hydrogens (tertiary/aromatic N) is 7. The maximum Gasteiger partial charge on any atom is 0.234 e. The Hall–Kier alpha value is -5.71. The van der Waals surface area contributed by atoms with Crippen molar-refractivity contribution in [3.63, 3.8) is 0 Å². The predicted molar refractivity (Wildman–Crippen MR) is 274 cm³/mol. The van der Waals surface area contributed by atoms with Crippen LogP contribution in [0.4, 0.5) is 43.3 Å². The van der Waals surface area contributed by atoms with Crippen LogP contribution in [0.25, 0.3) is 10.8 Å². The SMILES string of the molecule is CCOc1cc(N2CCC(N3CCN(C(=O)[C@@H]4CCN(c5cc(F)c(C6CCC(=O)NC6=O)c(F)c5)C4)CC3)CC2)c(CC)cc1Nc1ncc(Br)c(Nc2ccc3cnc(C)cc3c2P(C)(C)=O)n1. The van der Waals surface area contributed by atoms with Gasteiger partial charge in [-0.2, -0.15) is 4.98 Å². The molecular weight excluding hydrogens is 981 g/mol. The highest BCUT2D eigenvalue weighted by molar-refractivity contribution is 9.10. The van der Waals surface area contributed by atoms with Gasteiger partial charge in [-0.25, -0.2) is 13.8 Å². The number of halogens is 3. The first-order valence-corrected chi connectivity index (χ1v) is 27.6. The van der Waals surface area contributed by atoms with Crippen molar-refractivity contribution in [3.8, 4) is 5.75 Å². The third kappa shape index (κ3) is 10.4. The monoisotopic (exact) mass is 1040 g/mol. The number of rotatable bonds is 13. The molecule has 0 aliphatic carbocycles. The summed E-state index contributed by atoms with van der Waals surface area (Å²) in [6.45, 7) is 15.5. The van der Waals surface area contributed by atoms with Gasteiger partial charge in [0.25, 0.3) is 0 Å². The molecule has 4 aliphatic heterocycles. The van der Waals surface area contributed by atoms with Gasteiger partial charge in [0.2, 0.25) is 23.7 Å². The maximum absolute atomic E-state index is 15.3. The van der Waals surface area contributed by atoms with Gasteiger partial charge >= 0.3 is 0 Å². The van der Waals surface area contributed by atoms with E-state index in [-0.39, 0.29) is 30.2 Å². The van der Waals surface area contributed by atoms with E-state index in [1.807, 2.05) is 48.0 Å². The molecule has 4 saturated heterocycles. The number of imide groups is 1. The Balaban J connectivity index is 0.806. The van der Waals surface area contributed by atoms with Crippen LogP contribution >= 0.6 is 23.1 Å².